The van der Waals surface area contributed by atoms with Gasteiger partial charge in [0, 0.05) is 13.7 Å². The highest BCUT2D eigenvalue weighted by Gasteiger charge is 2.08. The van der Waals surface area contributed by atoms with Gasteiger partial charge in [-0.1, -0.05) is 23.2 Å². The topological polar surface area (TPSA) is 38.3 Å². The first-order valence-electron chi connectivity index (χ1n) is 2.73. The number of amides is 1. The Morgan fingerprint density at radius 3 is 2.70 bits per heavy atom. The lowest BCUT2D eigenvalue weighted by molar-refractivity contribution is -0.119. The second-order valence-corrected chi connectivity index (χ2v) is 2.68. The molecule has 5 heteroatoms. The van der Waals surface area contributed by atoms with E-state index in [2.05, 4.69) is 10.1 Å². The maximum atomic E-state index is 10.6. The number of alkyl halides is 2. The zero-order valence-corrected chi connectivity index (χ0v) is 7.08. The number of hydrogen-bond donors (Lipinski definition) is 1. The first-order valence-corrected chi connectivity index (χ1v) is 3.60. The molecule has 1 N–H and O–H groups in total. The van der Waals surface area contributed by atoms with Gasteiger partial charge in [-0.3, -0.25) is 4.79 Å². The molecule has 0 radical (unpaired) electrons. The van der Waals surface area contributed by atoms with Gasteiger partial charge in [0.15, 0.2) is 4.84 Å². The average Bonchev–Trinajstić information content (AvgIpc) is 1.88. The minimum absolute atomic E-state index is 0.389. The Morgan fingerprint density at radius 2 is 2.30 bits per heavy atom. The predicted octanol–water partition coefficient (Wildman–Crippen LogP) is 0.553. The molecule has 10 heavy (non-hydrogen) atoms. The molecule has 0 rings (SSSR count). The van der Waals surface area contributed by atoms with Crippen LogP contribution < -0.4 is 5.32 Å². The molecule has 0 aliphatic rings. The Labute approximate surface area is 69.6 Å². The molecular formula is C5H9Cl2NO2. The number of carbonyl (C=O) groups excluding carboxylic acids is 1. The predicted molar refractivity (Wildman–Crippen MR) is 40.4 cm³/mol. The van der Waals surface area contributed by atoms with Crippen LogP contribution in [0.4, 0.5) is 0 Å². The van der Waals surface area contributed by atoms with Gasteiger partial charge in [0.2, 0.25) is 0 Å². The number of nitrogens with one attached hydrogen (secondary N) is 1. The lowest BCUT2D eigenvalue weighted by Crippen LogP contribution is -2.31. The third-order valence-corrected chi connectivity index (χ3v) is 1.20. The standard InChI is InChI=1S/C5H9Cl2NO2/c1-10-3-2-8-5(9)4(6)7/h4H,2-3H2,1H3,(H,8,9). The molecule has 1 amide bonds. The second kappa shape index (κ2) is 5.77. The van der Waals surface area contributed by atoms with Gasteiger partial charge >= 0.3 is 0 Å². The van der Waals surface area contributed by atoms with E-state index < -0.39 is 4.84 Å². The van der Waals surface area contributed by atoms with Crippen LogP contribution in [0, 0.1) is 0 Å². The van der Waals surface area contributed by atoms with Gasteiger partial charge in [-0.2, -0.15) is 0 Å². The van der Waals surface area contributed by atoms with Crippen molar-refractivity contribution in [3.63, 3.8) is 0 Å². The third kappa shape index (κ3) is 4.85. The average molecular weight is 186 g/mol. The summed E-state index contributed by atoms with van der Waals surface area (Å²) in [6.45, 7) is 0.900. The van der Waals surface area contributed by atoms with Crippen LogP contribution in [-0.2, 0) is 9.53 Å². The summed E-state index contributed by atoms with van der Waals surface area (Å²) in [6.07, 6.45) is 0. The van der Waals surface area contributed by atoms with Gasteiger partial charge < -0.3 is 10.1 Å². The SMILES string of the molecule is COCCNC(=O)C(Cl)Cl. The number of rotatable bonds is 4. The normalized spacial score (nSPS) is 10.0. The van der Waals surface area contributed by atoms with Crippen LogP contribution in [0.5, 0.6) is 0 Å². The molecule has 0 heterocycles. The largest absolute Gasteiger partial charge is 0.383 e. The molecule has 0 bridgehead atoms. The zero-order valence-electron chi connectivity index (χ0n) is 5.56. The highest BCUT2D eigenvalue weighted by atomic mass is 35.5. The summed E-state index contributed by atoms with van der Waals surface area (Å²) in [5.74, 6) is -0.389. The maximum Gasteiger partial charge on any atom is 0.253 e. The van der Waals surface area contributed by atoms with E-state index in [1.807, 2.05) is 0 Å². The first kappa shape index (κ1) is 10.0. The number of hydrogen-bond acceptors (Lipinski definition) is 2. The summed E-state index contributed by atoms with van der Waals surface area (Å²) in [5.41, 5.74) is 0. The van der Waals surface area contributed by atoms with Crippen LogP contribution in [0.3, 0.4) is 0 Å². The number of ether oxygens (including phenoxy) is 1. The molecule has 0 aliphatic heterocycles. The lowest BCUT2D eigenvalue weighted by atomic mass is 10.6. The van der Waals surface area contributed by atoms with Crippen molar-refractivity contribution < 1.29 is 9.53 Å². The molecule has 0 saturated carbocycles. The van der Waals surface area contributed by atoms with Gasteiger partial charge in [0.05, 0.1) is 6.61 Å². The molecule has 0 aromatic heterocycles. The number of methoxy groups -OCH3 is 1. The molecule has 3 nitrogen and oxygen atoms in total. The Balaban J connectivity index is 3.22. The highest BCUT2D eigenvalue weighted by Crippen LogP contribution is 1.99. The second-order valence-electron chi connectivity index (χ2n) is 1.58. The fourth-order valence-corrected chi connectivity index (χ4v) is 0.508. The smallest absolute Gasteiger partial charge is 0.253 e. The fourth-order valence-electron chi connectivity index (χ4n) is 0.353. The van der Waals surface area contributed by atoms with E-state index >= 15 is 0 Å². The van der Waals surface area contributed by atoms with Crippen molar-refractivity contribution >= 4 is 29.1 Å². The van der Waals surface area contributed by atoms with Crippen molar-refractivity contribution in [1.82, 2.24) is 5.32 Å². The summed E-state index contributed by atoms with van der Waals surface area (Å²) in [5, 5.41) is 2.46. The number of carbonyl (C=O) groups is 1. The Kier molecular flexibility index (Phi) is 5.78. The van der Waals surface area contributed by atoms with E-state index in [0.29, 0.717) is 13.2 Å². The minimum atomic E-state index is -0.989. The van der Waals surface area contributed by atoms with E-state index in [9.17, 15) is 4.79 Å². The fraction of sp³-hybridized carbons (Fsp3) is 0.800. The zero-order chi connectivity index (χ0) is 7.98. The molecule has 0 fully saturated rings. The van der Waals surface area contributed by atoms with Gasteiger partial charge in [-0.15, -0.1) is 0 Å². The molecule has 0 aromatic carbocycles. The van der Waals surface area contributed by atoms with E-state index in [-0.39, 0.29) is 5.91 Å². The van der Waals surface area contributed by atoms with Crippen molar-refractivity contribution in [3.8, 4) is 0 Å². The molecule has 60 valence electrons. The summed E-state index contributed by atoms with van der Waals surface area (Å²) >= 11 is 10.4. The van der Waals surface area contributed by atoms with Crippen LogP contribution in [0.1, 0.15) is 0 Å². The summed E-state index contributed by atoms with van der Waals surface area (Å²) in [4.78, 5) is 9.60. The van der Waals surface area contributed by atoms with Gasteiger partial charge in [-0.05, 0) is 0 Å². The summed E-state index contributed by atoms with van der Waals surface area (Å²) in [6, 6.07) is 0. The minimum Gasteiger partial charge on any atom is -0.383 e. The maximum absolute atomic E-state index is 10.6. The van der Waals surface area contributed by atoms with Crippen molar-refractivity contribution in [3.05, 3.63) is 0 Å². The van der Waals surface area contributed by atoms with Gasteiger partial charge in [0.25, 0.3) is 5.91 Å². The lowest BCUT2D eigenvalue weighted by Gasteiger charge is -2.02. The molecule has 0 spiro atoms. The van der Waals surface area contributed by atoms with E-state index in [1.54, 1.807) is 7.11 Å². The monoisotopic (exact) mass is 185 g/mol. The molecule has 0 aromatic rings. The van der Waals surface area contributed by atoms with Crippen LogP contribution >= 0.6 is 23.2 Å². The van der Waals surface area contributed by atoms with E-state index in [1.165, 1.54) is 0 Å². The molecule has 0 atom stereocenters. The van der Waals surface area contributed by atoms with E-state index in [0.717, 1.165) is 0 Å². The Bertz CT molecular complexity index is 108. The third-order valence-electron chi connectivity index (χ3n) is 0.804. The van der Waals surface area contributed by atoms with Crippen LogP contribution in [0.15, 0.2) is 0 Å². The van der Waals surface area contributed by atoms with Crippen LogP contribution in [0.25, 0.3) is 0 Å². The van der Waals surface area contributed by atoms with Crippen molar-refractivity contribution in [2.45, 2.75) is 4.84 Å². The first-order chi connectivity index (χ1) is 4.68. The summed E-state index contributed by atoms with van der Waals surface area (Å²) in [7, 11) is 1.55. The van der Waals surface area contributed by atoms with Crippen LogP contribution in [-0.4, -0.2) is 31.0 Å². The van der Waals surface area contributed by atoms with Crippen LogP contribution in [0.2, 0.25) is 0 Å². The quantitative estimate of drug-likeness (QED) is 0.514. The Morgan fingerprint density at radius 1 is 1.70 bits per heavy atom. The van der Waals surface area contributed by atoms with Crippen molar-refractivity contribution in [2.75, 3.05) is 20.3 Å². The molecule has 0 aliphatic carbocycles. The number of halogens is 2. The van der Waals surface area contributed by atoms with Gasteiger partial charge in [0.1, 0.15) is 0 Å². The highest BCUT2D eigenvalue weighted by molar-refractivity contribution is 6.53. The molecule has 0 saturated heterocycles. The van der Waals surface area contributed by atoms with Crippen molar-refractivity contribution in [2.24, 2.45) is 0 Å². The van der Waals surface area contributed by atoms with Crippen molar-refractivity contribution in [1.29, 1.82) is 0 Å². The summed E-state index contributed by atoms with van der Waals surface area (Å²) < 4.78 is 4.67. The van der Waals surface area contributed by atoms with Gasteiger partial charge in [-0.25, -0.2) is 0 Å². The Hall–Kier alpha value is 0.01000. The van der Waals surface area contributed by atoms with E-state index in [4.69, 9.17) is 23.2 Å². The molecular weight excluding hydrogens is 177 g/mol. The molecule has 0 unspecified atom stereocenters.